The molecule has 4 rings (SSSR count). The Labute approximate surface area is 186 Å². The molecule has 2 aliphatic rings. The molecular weight excluding hydrogens is 386 g/mol. The molecule has 0 bridgehead atoms. The van der Waals surface area contributed by atoms with E-state index in [4.69, 9.17) is 9.72 Å². The number of hydrogen-bond acceptors (Lipinski definition) is 4. The van der Waals surface area contributed by atoms with Gasteiger partial charge in [0.2, 0.25) is 0 Å². The van der Waals surface area contributed by atoms with Crippen LogP contribution in [0.25, 0.3) is 0 Å². The van der Waals surface area contributed by atoms with Crippen molar-refractivity contribution >= 4 is 11.9 Å². The smallest absolute Gasteiger partial charge is 0.416 e. The van der Waals surface area contributed by atoms with Gasteiger partial charge in [-0.05, 0) is 64.6 Å². The van der Waals surface area contributed by atoms with Crippen LogP contribution in [0.5, 0.6) is 0 Å². The zero-order chi connectivity index (χ0) is 21.8. The Bertz CT molecular complexity index is 872. The van der Waals surface area contributed by atoms with Crippen molar-refractivity contribution in [2.24, 2.45) is 0 Å². The first-order valence-corrected chi connectivity index (χ1v) is 11.7. The largest absolute Gasteiger partial charge is 0.443 e. The lowest BCUT2D eigenvalue weighted by atomic mass is 10.0. The standard InChI is InChI=1S/C26H35N3O2/c1-26(2,3)31-25(30)29(21-13-7-8-14-21)24-22(15-9-17-27-24)23-16-10-18-28(23)19-20-11-5-4-6-12-20/h4-6,9,11-12,15,17,21,23H,7-8,10,13-14,16,18-19H2,1-3H3/t23-/m0/s1. The molecule has 1 aliphatic heterocycles. The molecule has 2 aromatic rings. The van der Waals surface area contributed by atoms with Gasteiger partial charge in [-0.3, -0.25) is 9.80 Å². The summed E-state index contributed by atoms with van der Waals surface area (Å²) in [6.07, 6.45) is 8.08. The zero-order valence-corrected chi connectivity index (χ0v) is 19.1. The van der Waals surface area contributed by atoms with E-state index in [2.05, 4.69) is 41.3 Å². The van der Waals surface area contributed by atoms with Gasteiger partial charge in [0.25, 0.3) is 0 Å². The fraction of sp³-hybridized carbons (Fsp3) is 0.538. The average Bonchev–Trinajstić information content (AvgIpc) is 3.41. The molecule has 5 heteroatoms. The van der Waals surface area contributed by atoms with Crippen LogP contribution >= 0.6 is 0 Å². The third-order valence-corrected chi connectivity index (χ3v) is 6.28. The van der Waals surface area contributed by atoms with Gasteiger partial charge in [-0.1, -0.05) is 49.2 Å². The Hall–Kier alpha value is -2.40. The van der Waals surface area contributed by atoms with Crippen molar-refractivity contribution < 1.29 is 9.53 Å². The van der Waals surface area contributed by atoms with Crippen LogP contribution in [0.2, 0.25) is 0 Å². The number of nitrogens with zero attached hydrogens (tertiary/aromatic N) is 3. The number of amides is 1. The summed E-state index contributed by atoms with van der Waals surface area (Å²) < 4.78 is 5.84. The highest BCUT2D eigenvalue weighted by molar-refractivity contribution is 5.88. The maximum atomic E-state index is 13.3. The Kier molecular flexibility index (Phi) is 6.61. The Morgan fingerprint density at radius 1 is 1.06 bits per heavy atom. The Morgan fingerprint density at radius 2 is 1.81 bits per heavy atom. The number of likely N-dealkylation sites (tertiary alicyclic amines) is 1. The molecule has 1 aliphatic carbocycles. The lowest BCUT2D eigenvalue weighted by molar-refractivity contribution is 0.0563. The van der Waals surface area contributed by atoms with Crippen LogP contribution in [0.15, 0.2) is 48.7 Å². The van der Waals surface area contributed by atoms with E-state index in [0.29, 0.717) is 0 Å². The van der Waals surface area contributed by atoms with E-state index in [1.807, 2.05) is 37.9 Å². The fourth-order valence-electron chi connectivity index (χ4n) is 4.94. The second-order valence-corrected chi connectivity index (χ2v) is 9.82. The number of carbonyl (C=O) groups excluding carboxylic acids is 1. The van der Waals surface area contributed by atoms with E-state index in [1.165, 1.54) is 5.56 Å². The highest BCUT2D eigenvalue weighted by Crippen LogP contribution is 2.39. The maximum absolute atomic E-state index is 13.3. The molecule has 0 unspecified atom stereocenters. The second kappa shape index (κ2) is 9.39. The summed E-state index contributed by atoms with van der Waals surface area (Å²) in [6, 6.07) is 15.2. The number of aromatic nitrogens is 1. The molecule has 166 valence electrons. The minimum absolute atomic E-state index is 0.160. The normalized spacial score (nSPS) is 20.2. The number of pyridine rings is 1. The van der Waals surface area contributed by atoms with Gasteiger partial charge in [-0.25, -0.2) is 9.78 Å². The molecule has 1 saturated heterocycles. The van der Waals surface area contributed by atoms with E-state index >= 15 is 0 Å². The Balaban J connectivity index is 1.65. The predicted octanol–water partition coefficient (Wildman–Crippen LogP) is 6.10. The van der Waals surface area contributed by atoms with Crippen molar-refractivity contribution in [2.45, 2.75) is 83.5 Å². The molecule has 5 nitrogen and oxygen atoms in total. The van der Waals surface area contributed by atoms with Crippen LogP contribution < -0.4 is 4.90 Å². The van der Waals surface area contributed by atoms with Crippen LogP contribution in [0.4, 0.5) is 10.6 Å². The Morgan fingerprint density at radius 3 is 2.52 bits per heavy atom. The lowest BCUT2D eigenvalue weighted by Crippen LogP contribution is -2.44. The quantitative estimate of drug-likeness (QED) is 0.585. The van der Waals surface area contributed by atoms with Gasteiger partial charge >= 0.3 is 6.09 Å². The van der Waals surface area contributed by atoms with Crippen LogP contribution in [-0.2, 0) is 11.3 Å². The van der Waals surface area contributed by atoms with Gasteiger partial charge in [-0.2, -0.15) is 0 Å². The average molecular weight is 422 g/mol. The van der Waals surface area contributed by atoms with Crippen LogP contribution in [-0.4, -0.2) is 34.2 Å². The van der Waals surface area contributed by atoms with E-state index in [9.17, 15) is 4.79 Å². The van der Waals surface area contributed by atoms with Crippen LogP contribution in [0, 0.1) is 0 Å². The van der Waals surface area contributed by atoms with Gasteiger partial charge in [0.15, 0.2) is 0 Å². The molecule has 1 amide bonds. The molecule has 1 aromatic carbocycles. The molecule has 2 fully saturated rings. The minimum atomic E-state index is -0.532. The number of benzene rings is 1. The highest BCUT2D eigenvalue weighted by atomic mass is 16.6. The summed E-state index contributed by atoms with van der Waals surface area (Å²) in [7, 11) is 0. The predicted molar refractivity (Wildman–Crippen MR) is 124 cm³/mol. The minimum Gasteiger partial charge on any atom is -0.443 e. The van der Waals surface area contributed by atoms with E-state index in [1.54, 1.807) is 0 Å². The SMILES string of the molecule is CC(C)(C)OC(=O)N(c1ncccc1[C@@H]1CCCN1Cc1ccccc1)C1CCCC1. The summed E-state index contributed by atoms with van der Waals surface area (Å²) in [6.45, 7) is 7.75. The van der Waals surface area contributed by atoms with Crippen LogP contribution in [0.1, 0.15) is 76.5 Å². The third kappa shape index (κ3) is 5.27. The fourth-order valence-corrected chi connectivity index (χ4v) is 4.94. The summed E-state index contributed by atoms with van der Waals surface area (Å²) in [5, 5.41) is 0. The molecular formula is C26H35N3O2. The number of carbonyl (C=O) groups is 1. The first kappa shape index (κ1) is 21.8. The van der Waals surface area contributed by atoms with E-state index in [0.717, 1.165) is 63.0 Å². The van der Waals surface area contributed by atoms with Crippen LogP contribution in [0.3, 0.4) is 0 Å². The number of rotatable bonds is 5. The van der Waals surface area contributed by atoms with E-state index < -0.39 is 5.60 Å². The van der Waals surface area contributed by atoms with Crippen molar-refractivity contribution in [3.63, 3.8) is 0 Å². The molecule has 1 aromatic heterocycles. The van der Waals surface area contributed by atoms with Crippen molar-refractivity contribution in [3.8, 4) is 0 Å². The van der Waals surface area contributed by atoms with Gasteiger partial charge < -0.3 is 4.74 Å². The molecule has 1 atom stereocenters. The molecule has 2 heterocycles. The molecule has 0 N–H and O–H groups in total. The van der Waals surface area contributed by atoms with Gasteiger partial charge in [0.1, 0.15) is 11.4 Å². The summed E-state index contributed by atoms with van der Waals surface area (Å²) >= 11 is 0. The van der Waals surface area contributed by atoms with Gasteiger partial charge in [0, 0.05) is 30.4 Å². The molecule has 0 spiro atoms. The second-order valence-electron chi connectivity index (χ2n) is 9.82. The van der Waals surface area contributed by atoms with Crippen molar-refractivity contribution in [2.75, 3.05) is 11.4 Å². The first-order chi connectivity index (χ1) is 14.9. The topological polar surface area (TPSA) is 45.7 Å². The monoisotopic (exact) mass is 421 g/mol. The number of anilines is 1. The first-order valence-electron chi connectivity index (χ1n) is 11.7. The van der Waals surface area contributed by atoms with Gasteiger partial charge in [-0.15, -0.1) is 0 Å². The third-order valence-electron chi connectivity index (χ3n) is 6.28. The van der Waals surface area contributed by atoms with Gasteiger partial charge in [0.05, 0.1) is 0 Å². The summed E-state index contributed by atoms with van der Waals surface area (Å²) in [5.41, 5.74) is 1.93. The molecule has 1 saturated carbocycles. The molecule has 31 heavy (non-hydrogen) atoms. The molecule has 0 radical (unpaired) electrons. The summed E-state index contributed by atoms with van der Waals surface area (Å²) in [4.78, 5) is 22.5. The lowest BCUT2D eigenvalue weighted by Gasteiger charge is -2.34. The zero-order valence-electron chi connectivity index (χ0n) is 19.1. The summed E-state index contributed by atoms with van der Waals surface area (Å²) in [5.74, 6) is 0.786. The maximum Gasteiger partial charge on any atom is 0.416 e. The van der Waals surface area contributed by atoms with E-state index in [-0.39, 0.29) is 18.2 Å². The van der Waals surface area contributed by atoms with Crippen molar-refractivity contribution in [1.82, 2.24) is 9.88 Å². The number of hydrogen-bond donors (Lipinski definition) is 0. The highest BCUT2D eigenvalue weighted by Gasteiger charge is 2.36. The van der Waals surface area contributed by atoms with Crippen molar-refractivity contribution in [1.29, 1.82) is 0 Å². The van der Waals surface area contributed by atoms with Crippen molar-refractivity contribution in [3.05, 3.63) is 59.8 Å². The number of ether oxygens (including phenoxy) is 1.